The predicted molar refractivity (Wildman–Crippen MR) is 80.1 cm³/mol. The second-order valence-corrected chi connectivity index (χ2v) is 6.04. The number of alkyl halides is 3. The van der Waals surface area contributed by atoms with Crippen LogP contribution in [0.5, 0.6) is 0 Å². The first-order chi connectivity index (χ1) is 10.4. The van der Waals surface area contributed by atoms with Crippen molar-refractivity contribution >= 4 is 18.3 Å². The van der Waals surface area contributed by atoms with Gasteiger partial charge in [-0.1, -0.05) is 24.0 Å². The van der Waals surface area contributed by atoms with E-state index in [-0.39, 0.29) is 23.8 Å². The van der Waals surface area contributed by atoms with Crippen LogP contribution in [0.25, 0.3) is 0 Å². The number of hydrogen-bond donors (Lipinski definition) is 4. The summed E-state index contributed by atoms with van der Waals surface area (Å²) in [6.07, 6.45) is -2.90. The molecule has 0 spiro atoms. The van der Waals surface area contributed by atoms with Gasteiger partial charge in [0.05, 0.1) is 6.61 Å². The molecule has 0 amide bonds. The summed E-state index contributed by atoms with van der Waals surface area (Å²) in [7, 11) is 0. The molecule has 1 aromatic rings. The average Bonchev–Trinajstić information content (AvgIpc) is 3.26. The maximum Gasteiger partial charge on any atom is 0.422 e. The molecule has 0 saturated heterocycles. The van der Waals surface area contributed by atoms with Gasteiger partial charge in [0, 0.05) is 17.2 Å². The molecule has 1 fully saturated rings. The van der Waals surface area contributed by atoms with Crippen molar-refractivity contribution in [3.63, 3.8) is 0 Å². The topological polar surface area (TPSA) is 44.3 Å². The number of nitrogens with one attached hydrogen (secondary N) is 2. The van der Waals surface area contributed by atoms with Crippen LogP contribution in [0.1, 0.15) is 24.0 Å². The quantitative estimate of drug-likeness (QED) is 0.473. The lowest BCUT2D eigenvalue weighted by atomic mass is 9.86. The Bertz CT molecular complexity index is 648. The van der Waals surface area contributed by atoms with Crippen LogP contribution in [-0.2, 0) is 12.1 Å². The van der Waals surface area contributed by atoms with Crippen LogP contribution in [0, 0.1) is 17.8 Å². The summed E-state index contributed by atoms with van der Waals surface area (Å²) < 4.78 is 41.5. The van der Waals surface area contributed by atoms with Gasteiger partial charge < -0.3 is 10.4 Å². The van der Waals surface area contributed by atoms with Crippen LogP contribution in [0.3, 0.4) is 0 Å². The van der Waals surface area contributed by atoms with Crippen molar-refractivity contribution in [2.45, 2.75) is 36.7 Å². The SMILES string of the molecule is OCc1ccc2c(c1)NC(S)NC2(C#CC1CC1)C(F)(F)F. The molecule has 1 aliphatic heterocycles. The Hall–Kier alpha value is -1.36. The lowest BCUT2D eigenvalue weighted by Crippen LogP contribution is -2.60. The van der Waals surface area contributed by atoms with E-state index in [1.807, 2.05) is 0 Å². The lowest BCUT2D eigenvalue weighted by Gasteiger charge is -2.40. The van der Waals surface area contributed by atoms with Gasteiger partial charge in [-0.15, -0.1) is 12.6 Å². The standard InChI is InChI=1S/C15H15F3N2OS/c16-15(17,18)14(6-5-9-1-2-9)11-4-3-10(8-21)7-12(11)19-13(22)20-14/h3-4,7,9,13,19-22H,1-2,8H2. The molecular formula is C15H15F3N2OS. The molecule has 1 saturated carbocycles. The summed E-state index contributed by atoms with van der Waals surface area (Å²) in [4.78, 5) is 0. The molecule has 1 aromatic carbocycles. The highest BCUT2D eigenvalue weighted by atomic mass is 32.1. The molecule has 0 radical (unpaired) electrons. The smallest absolute Gasteiger partial charge is 0.392 e. The van der Waals surface area contributed by atoms with Crippen molar-refractivity contribution < 1.29 is 18.3 Å². The highest BCUT2D eigenvalue weighted by Crippen LogP contribution is 2.45. The predicted octanol–water partition coefficient (Wildman–Crippen LogP) is 2.58. The molecule has 3 N–H and O–H groups in total. The molecule has 2 atom stereocenters. The van der Waals surface area contributed by atoms with E-state index in [1.165, 1.54) is 18.2 Å². The first kappa shape index (κ1) is 15.5. The minimum absolute atomic E-state index is 0.00986. The molecule has 118 valence electrons. The van der Waals surface area contributed by atoms with Gasteiger partial charge in [0.15, 0.2) is 0 Å². The van der Waals surface area contributed by atoms with E-state index in [0.717, 1.165) is 12.8 Å². The number of benzene rings is 1. The van der Waals surface area contributed by atoms with E-state index in [0.29, 0.717) is 5.56 Å². The third-order valence-electron chi connectivity index (χ3n) is 3.78. The van der Waals surface area contributed by atoms with Crippen molar-refractivity contribution in [1.29, 1.82) is 0 Å². The van der Waals surface area contributed by atoms with Crippen molar-refractivity contribution in [3.8, 4) is 11.8 Å². The Morgan fingerprint density at radius 1 is 1.36 bits per heavy atom. The Kier molecular flexibility index (Phi) is 3.79. The molecule has 1 heterocycles. The van der Waals surface area contributed by atoms with E-state index in [9.17, 15) is 13.2 Å². The van der Waals surface area contributed by atoms with E-state index in [2.05, 4.69) is 35.1 Å². The Balaban J connectivity index is 2.16. The Labute approximate surface area is 131 Å². The Morgan fingerprint density at radius 2 is 2.09 bits per heavy atom. The van der Waals surface area contributed by atoms with Crippen LogP contribution >= 0.6 is 12.6 Å². The van der Waals surface area contributed by atoms with E-state index >= 15 is 0 Å². The minimum atomic E-state index is -4.59. The van der Waals surface area contributed by atoms with Gasteiger partial charge in [0.1, 0.15) is 5.50 Å². The van der Waals surface area contributed by atoms with Gasteiger partial charge in [-0.2, -0.15) is 13.2 Å². The number of aliphatic hydroxyl groups is 1. The lowest BCUT2D eigenvalue weighted by molar-refractivity contribution is -0.183. The fourth-order valence-corrected chi connectivity index (χ4v) is 2.78. The number of aliphatic hydroxyl groups excluding tert-OH is 1. The fourth-order valence-electron chi connectivity index (χ4n) is 2.45. The van der Waals surface area contributed by atoms with Gasteiger partial charge in [0.25, 0.3) is 0 Å². The van der Waals surface area contributed by atoms with Gasteiger partial charge in [-0.05, 0) is 24.5 Å². The van der Waals surface area contributed by atoms with Crippen molar-refractivity contribution in [2.24, 2.45) is 5.92 Å². The summed E-state index contributed by atoms with van der Waals surface area (Å²) in [5, 5.41) is 14.4. The number of thiol groups is 1. The second kappa shape index (κ2) is 5.37. The fraction of sp³-hybridized carbons (Fsp3) is 0.467. The number of fused-ring (bicyclic) bond motifs is 1. The zero-order valence-electron chi connectivity index (χ0n) is 11.5. The summed E-state index contributed by atoms with van der Waals surface area (Å²) in [6.45, 7) is -0.244. The first-order valence-corrected chi connectivity index (χ1v) is 7.43. The molecule has 0 aromatic heterocycles. The van der Waals surface area contributed by atoms with Crippen LogP contribution in [0.15, 0.2) is 18.2 Å². The van der Waals surface area contributed by atoms with Crippen molar-refractivity contribution in [3.05, 3.63) is 29.3 Å². The molecule has 0 bridgehead atoms. The van der Waals surface area contributed by atoms with Crippen LogP contribution < -0.4 is 10.6 Å². The highest BCUT2D eigenvalue weighted by Gasteiger charge is 2.58. The third kappa shape index (κ3) is 2.67. The number of anilines is 1. The van der Waals surface area contributed by atoms with Crippen LogP contribution in [0.4, 0.5) is 18.9 Å². The molecular weight excluding hydrogens is 313 g/mol. The van der Waals surface area contributed by atoms with E-state index in [4.69, 9.17) is 5.11 Å². The highest BCUT2D eigenvalue weighted by molar-refractivity contribution is 7.81. The normalized spacial score (nSPS) is 27.4. The van der Waals surface area contributed by atoms with Gasteiger partial charge in [-0.3, -0.25) is 5.32 Å². The second-order valence-electron chi connectivity index (χ2n) is 5.52. The van der Waals surface area contributed by atoms with Gasteiger partial charge >= 0.3 is 6.18 Å². The molecule has 22 heavy (non-hydrogen) atoms. The van der Waals surface area contributed by atoms with Crippen LogP contribution in [-0.4, -0.2) is 16.8 Å². The zero-order valence-corrected chi connectivity index (χ0v) is 12.4. The summed E-state index contributed by atoms with van der Waals surface area (Å²) >= 11 is 4.10. The third-order valence-corrected chi connectivity index (χ3v) is 4.04. The number of rotatable bonds is 1. The van der Waals surface area contributed by atoms with Gasteiger partial charge in [-0.25, -0.2) is 0 Å². The average molecular weight is 328 g/mol. The van der Waals surface area contributed by atoms with E-state index in [1.54, 1.807) is 0 Å². The largest absolute Gasteiger partial charge is 0.422 e. The minimum Gasteiger partial charge on any atom is -0.392 e. The number of hydrogen-bond acceptors (Lipinski definition) is 4. The zero-order chi connectivity index (χ0) is 16.0. The summed E-state index contributed by atoms with van der Waals surface area (Å²) in [5.41, 5.74) is -2.52. The molecule has 3 rings (SSSR count). The van der Waals surface area contributed by atoms with Crippen molar-refractivity contribution in [2.75, 3.05) is 5.32 Å². The van der Waals surface area contributed by atoms with E-state index < -0.39 is 17.2 Å². The number of halogens is 3. The maximum atomic E-state index is 13.8. The molecule has 1 aliphatic carbocycles. The summed E-state index contributed by atoms with van der Waals surface area (Å²) in [5.74, 6) is 5.19. The van der Waals surface area contributed by atoms with Gasteiger partial charge in [0.2, 0.25) is 5.54 Å². The van der Waals surface area contributed by atoms with Crippen LogP contribution in [0.2, 0.25) is 0 Å². The maximum absolute atomic E-state index is 13.8. The molecule has 2 unspecified atom stereocenters. The van der Waals surface area contributed by atoms with Crippen molar-refractivity contribution in [1.82, 2.24) is 5.32 Å². The summed E-state index contributed by atoms with van der Waals surface area (Å²) in [6, 6.07) is 4.33. The first-order valence-electron chi connectivity index (χ1n) is 6.92. The molecule has 7 heteroatoms. The molecule has 2 aliphatic rings. The Morgan fingerprint density at radius 3 is 2.68 bits per heavy atom. The monoisotopic (exact) mass is 328 g/mol. The molecule has 3 nitrogen and oxygen atoms in total.